The first-order chi connectivity index (χ1) is 12.0. The van der Waals surface area contributed by atoms with E-state index < -0.39 is 5.54 Å². The summed E-state index contributed by atoms with van der Waals surface area (Å²) in [4.78, 5) is 28.6. The maximum absolute atomic E-state index is 12.8. The van der Waals surface area contributed by atoms with Crippen LogP contribution >= 0.6 is 11.6 Å². The molecule has 4 rings (SSSR count). The molecule has 2 fully saturated rings. The molecule has 3 aliphatic rings. The Morgan fingerprint density at radius 3 is 2.80 bits per heavy atom. The number of nitrogens with one attached hydrogen (secondary N) is 1. The van der Waals surface area contributed by atoms with E-state index in [0.29, 0.717) is 30.4 Å². The summed E-state index contributed by atoms with van der Waals surface area (Å²) in [6, 6.07) is 5.38. The van der Waals surface area contributed by atoms with E-state index in [-0.39, 0.29) is 18.0 Å². The van der Waals surface area contributed by atoms with Crippen LogP contribution in [0.5, 0.6) is 5.75 Å². The summed E-state index contributed by atoms with van der Waals surface area (Å²) >= 11 is 6.25. The molecule has 6 nitrogen and oxygen atoms in total. The molecule has 0 radical (unpaired) electrons. The van der Waals surface area contributed by atoms with Crippen molar-refractivity contribution in [2.75, 3.05) is 24.5 Å². The molecule has 25 heavy (non-hydrogen) atoms. The minimum absolute atomic E-state index is 0.00307. The Morgan fingerprint density at radius 2 is 2.04 bits per heavy atom. The molecule has 1 atom stereocenters. The fourth-order valence-electron chi connectivity index (χ4n) is 4.14. The Hall–Kier alpha value is -1.95. The third-order valence-electron chi connectivity index (χ3n) is 5.38. The molecule has 1 aromatic carbocycles. The number of halogens is 1. The van der Waals surface area contributed by atoms with Gasteiger partial charge in [-0.05, 0) is 31.9 Å². The van der Waals surface area contributed by atoms with Crippen LogP contribution in [0.3, 0.4) is 0 Å². The molecule has 134 valence electrons. The van der Waals surface area contributed by atoms with E-state index in [1.54, 1.807) is 6.07 Å². The largest absolute Gasteiger partial charge is 0.485 e. The molecule has 1 saturated heterocycles. The zero-order valence-corrected chi connectivity index (χ0v) is 15.0. The number of benzene rings is 1. The number of urea groups is 1. The Kier molecular flexibility index (Phi) is 4.02. The molecule has 2 heterocycles. The molecule has 0 bridgehead atoms. The Balaban J connectivity index is 1.50. The zero-order valence-electron chi connectivity index (χ0n) is 14.3. The predicted octanol–water partition coefficient (Wildman–Crippen LogP) is 2.79. The molecular weight excluding hydrogens is 342 g/mol. The Bertz CT molecular complexity index is 718. The molecule has 2 aliphatic heterocycles. The van der Waals surface area contributed by atoms with Crippen molar-refractivity contribution in [1.29, 1.82) is 0 Å². The molecule has 1 spiro atoms. The van der Waals surface area contributed by atoms with Gasteiger partial charge in [-0.25, -0.2) is 4.79 Å². The number of hydrogen-bond donors (Lipinski definition) is 1. The molecule has 1 N–H and O–H groups in total. The van der Waals surface area contributed by atoms with Crippen LogP contribution in [0.1, 0.15) is 32.6 Å². The van der Waals surface area contributed by atoms with Crippen molar-refractivity contribution < 1.29 is 14.3 Å². The number of carbonyl (C=O) groups excluding carboxylic acids is 2. The second-order valence-corrected chi connectivity index (χ2v) is 7.55. The van der Waals surface area contributed by atoms with Gasteiger partial charge < -0.3 is 15.0 Å². The first-order valence-corrected chi connectivity index (χ1v) is 9.22. The topological polar surface area (TPSA) is 61.9 Å². The van der Waals surface area contributed by atoms with Gasteiger partial charge in [0.2, 0.25) is 0 Å². The average molecular weight is 364 g/mol. The average Bonchev–Trinajstić information content (AvgIpc) is 3.13. The van der Waals surface area contributed by atoms with Gasteiger partial charge in [-0.3, -0.25) is 9.69 Å². The van der Waals surface area contributed by atoms with Crippen molar-refractivity contribution in [2.24, 2.45) is 0 Å². The lowest BCUT2D eigenvalue weighted by Crippen LogP contribution is -2.46. The van der Waals surface area contributed by atoms with E-state index in [4.69, 9.17) is 16.3 Å². The number of amides is 3. The second-order valence-electron chi connectivity index (χ2n) is 7.14. The first-order valence-electron chi connectivity index (χ1n) is 8.84. The number of hydrogen-bond acceptors (Lipinski definition) is 4. The SMILES string of the molecule is C[C@@H]1CN(CCN2C(=O)NC3(CCCC3)C2=O)c2cccc(Cl)c2O1. The van der Waals surface area contributed by atoms with E-state index in [1.807, 2.05) is 19.1 Å². The normalized spacial score (nSPS) is 24.5. The predicted molar refractivity (Wildman–Crippen MR) is 95.2 cm³/mol. The zero-order chi connectivity index (χ0) is 17.6. The highest BCUT2D eigenvalue weighted by molar-refractivity contribution is 6.32. The first kappa shape index (κ1) is 16.5. The molecular formula is C18H22ClN3O3. The van der Waals surface area contributed by atoms with Crippen LogP contribution in [-0.2, 0) is 4.79 Å². The number of anilines is 1. The molecule has 0 aromatic heterocycles. The quantitative estimate of drug-likeness (QED) is 0.839. The lowest BCUT2D eigenvalue weighted by atomic mass is 9.98. The van der Waals surface area contributed by atoms with E-state index in [0.717, 1.165) is 31.4 Å². The van der Waals surface area contributed by atoms with Gasteiger partial charge in [-0.1, -0.05) is 30.5 Å². The highest BCUT2D eigenvalue weighted by Crippen LogP contribution is 2.39. The van der Waals surface area contributed by atoms with Gasteiger partial charge in [0.1, 0.15) is 11.6 Å². The van der Waals surface area contributed by atoms with Crippen molar-refractivity contribution in [2.45, 2.75) is 44.2 Å². The van der Waals surface area contributed by atoms with Crippen LogP contribution in [0.2, 0.25) is 5.02 Å². The van der Waals surface area contributed by atoms with Crippen LogP contribution in [0.25, 0.3) is 0 Å². The van der Waals surface area contributed by atoms with Crippen LogP contribution in [0.15, 0.2) is 18.2 Å². The lowest BCUT2D eigenvalue weighted by molar-refractivity contribution is -0.131. The summed E-state index contributed by atoms with van der Waals surface area (Å²) in [5.74, 6) is 0.606. The van der Waals surface area contributed by atoms with Gasteiger partial charge >= 0.3 is 6.03 Å². The Labute approximate surface area is 152 Å². The van der Waals surface area contributed by atoms with E-state index in [2.05, 4.69) is 10.2 Å². The number of rotatable bonds is 3. The van der Waals surface area contributed by atoms with Gasteiger partial charge in [0.05, 0.1) is 17.3 Å². The van der Waals surface area contributed by atoms with Gasteiger partial charge in [-0.2, -0.15) is 0 Å². The number of carbonyl (C=O) groups is 2. The van der Waals surface area contributed by atoms with Crippen molar-refractivity contribution >= 4 is 29.2 Å². The number of nitrogens with zero attached hydrogens (tertiary/aromatic N) is 2. The van der Waals surface area contributed by atoms with Crippen LogP contribution < -0.4 is 15.0 Å². The molecule has 1 saturated carbocycles. The molecule has 1 aliphatic carbocycles. The minimum atomic E-state index is -0.642. The molecule has 7 heteroatoms. The van der Waals surface area contributed by atoms with E-state index in [9.17, 15) is 9.59 Å². The third kappa shape index (κ3) is 2.72. The molecule has 1 aromatic rings. The summed E-state index contributed by atoms with van der Waals surface area (Å²) in [5, 5.41) is 3.50. The fourth-order valence-corrected chi connectivity index (χ4v) is 4.35. The maximum atomic E-state index is 12.8. The minimum Gasteiger partial charge on any atom is -0.485 e. The lowest BCUT2D eigenvalue weighted by Gasteiger charge is -2.36. The van der Waals surface area contributed by atoms with Crippen molar-refractivity contribution in [1.82, 2.24) is 10.2 Å². The molecule has 3 amide bonds. The second kappa shape index (κ2) is 6.09. The number of fused-ring (bicyclic) bond motifs is 1. The third-order valence-corrected chi connectivity index (χ3v) is 5.68. The van der Waals surface area contributed by atoms with Crippen LogP contribution in [0, 0.1) is 0 Å². The highest BCUT2D eigenvalue weighted by atomic mass is 35.5. The van der Waals surface area contributed by atoms with Crippen molar-refractivity contribution in [3.05, 3.63) is 23.2 Å². The highest BCUT2D eigenvalue weighted by Gasteiger charge is 2.52. The Morgan fingerprint density at radius 1 is 1.28 bits per heavy atom. The smallest absolute Gasteiger partial charge is 0.325 e. The summed E-state index contributed by atoms with van der Waals surface area (Å²) in [6.07, 6.45) is 3.48. The number of ether oxygens (including phenoxy) is 1. The van der Waals surface area contributed by atoms with Gasteiger partial charge in [0.25, 0.3) is 5.91 Å². The monoisotopic (exact) mass is 363 g/mol. The number of para-hydroxylation sites is 1. The van der Waals surface area contributed by atoms with Crippen LogP contribution in [-0.4, -0.2) is 48.1 Å². The molecule has 0 unspecified atom stereocenters. The van der Waals surface area contributed by atoms with Crippen LogP contribution in [0.4, 0.5) is 10.5 Å². The van der Waals surface area contributed by atoms with E-state index >= 15 is 0 Å². The van der Waals surface area contributed by atoms with Gasteiger partial charge in [-0.15, -0.1) is 0 Å². The summed E-state index contributed by atoms with van der Waals surface area (Å²) in [6.45, 7) is 3.62. The summed E-state index contributed by atoms with van der Waals surface area (Å²) in [7, 11) is 0. The maximum Gasteiger partial charge on any atom is 0.325 e. The van der Waals surface area contributed by atoms with Gasteiger partial charge in [0, 0.05) is 13.1 Å². The standard InChI is InChI=1S/C18H22ClN3O3/c1-12-11-21(14-6-4-5-13(19)15(14)25-12)9-10-22-16(23)18(20-17(22)24)7-2-3-8-18/h4-6,12H,2-3,7-11H2,1H3,(H,20,24)/t12-/m1/s1. The van der Waals surface area contributed by atoms with Crippen molar-refractivity contribution in [3.63, 3.8) is 0 Å². The number of imide groups is 1. The van der Waals surface area contributed by atoms with Crippen molar-refractivity contribution in [3.8, 4) is 5.75 Å². The van der Waals surface area contributed by atoms with Gasteiger partial charge in [0.15, 0.2) is 5.75 Å². The van der Waals surface area contributed by atoms with E-state index in [1.165, 1.54) is 4.90 Å². The summed E-state index contributed by atoms with van der Waals surface area (Å²) < 4.78 is 5.85. The summed E-state index contributed by atoms with van der Waals surface area (Å²) in [5.41, 5.74) is 0.268. The fraction of sp³-hybridized carbons (Fsp3) is 0.556.